The van der Waals surface area contributed by atoms with E-state index in [1.54, 1.807) is 0 Å². The zero-order valence-corrected chi connectivity index (χ0v) is 22.1. The second-order valence-corrected chi connectivity index (χ2v) is 10.5. The summed E-state index contributed by atoms with van der Waals surface area (Å²) in [5.74, 6) is -5.15. The highest BCUT2D eigenvalue weighted by Crippen LogP contribution is 2.41. The topological polar surface area (TPSA) is 99.2 Å². The third-order valence-corrected chi connectivity index (χ3v) is 7.14. The van der Waals surface area contributed by atoms with Crippen molar-refractivity contribution in [3.8, 4) is 22.6 Å². The number of ether oxygens (including phenoxy) is 2. The molecule has 3 aromatic rings. The molecular weight excluding hydrogens is 612 g/mol. The quantitative estimate of drug-likeness (QED) is 0.150. The molecule has 0 radical (unpaired) electrons. The third kappa shape index (κ3) is 5.51. The predicted molar refractivity (Wildman–Crippen MR) is 131 cm³/mol. The van der Waals surface area contributed by atoms with Gasteiger partial charge in [-0.2, -0.15) is 21.6 Å². The van der Waals surface area contributed by atoms with E-state index in [1.807, 2.05) is 0 Å². The van der Waals surface area contributed by atoms with Gasteiger partial charge < -0.3 is 18.6 Å². The Balaban J connectivity index is 1.75. The Bertz CT molecular complexity index is 1620. The summed E-state index contributed by atoms with van der Waals surface area (Å²) in [5.41, 5.74) is -7.21. The van der Waals surface area contributed by atoms with Gasteiger partial charge in [-0.3, -0.25) is 4.79 Å². The molecule has 0 bridgehead atoms. The van der Waals surface area contributed by atoms with E-state index in [2.05, 4.69) is 8.92 Å². The molecular formula is C24H14Cl2F5NO7S. The average molecular weight is 626 g/mol. The molecule has 3 aromatic carbocycles. The van der Waals surface area contributed by atoms with Gasteiger partial charge in [0.2, 0.25) is 0 Å². The van der Waals surface area contributed by atoms with Gasteiger partial charge in [-0.05, 0) is 24.3 Å². The molecule has 1 aliphatic heterocycles. The lowest BCUT2D eigenvalue weighted by Gasteiger charge is -2.31. The van der Waals surface area contributed by atoms with Crippen molar-refractivity contribution in [3.05, 3.63) is 80.8 Å². The van der Waals surface area contributed by atoms with Crippen LogP contribution in [0.3, 0.4) is 0 Å². The third-order valence-electron chi connectivity index (χ3n) is 5.58. The number of benzene rings is 3. The number of fused-ring (bicyclic) bond motifs is 1. The summed E-state index contributed by atoms with van der Waals surface area (Å²) in [7, 11) is -5.40. The molecule has 1 heterocycles. The smallest absolute Gasteiger partial charge is 0.472 e. The lowest BCUT2D eigenvalue weighted by atomic mass is 9.98. The number of methoxy groups -OCH3 is 1. The van der Waals surface area contributed by atoms with Crippen LogP contribution in [0.5, 0.6) is 11.5 Å². The van der Waals surface area contributed by atoms with Gasteiger partial charge in [0.25, 0.3) is 5.91 Å². The number of amides is 1. The van der Waals surface area contributed by atoms with Crippen molar-refractivity contribution < 1.29 is 53.6 Å². The Labute approximate surface area is 232 Å². The number of hydrogen-bond donors (Lipinski definition) is 0. The molecule has 0 spiro atoms. The van der Waals surface area contributed by atoms with Crippen LogP contribution in [0.4, 0.5) is 22.0 Å². The van der Waals surface area contributed by atoms with Crippen molar-refractivity contribution >= 4 is 45.2 Å². The van der Waals surface area contributed by atoms with Crippen LogP contribution in [-0.4, -0.2) is 44.5 Å². The van der Waals surface area contributed by atoms with Crippen molar-refractivity contribution in [2.75, 3.05) is 13.8 Å². The lowest BCUT2D eigenvalue weighted by molar-refractivity contribution is -0.0500. The van der Waals surface area contributed by atoms with Crippen LogP contribution in [0.2, 0.25) is 10.0 Å². The Kier molecular flexibility index (Phi) is 7.89. The zero-order chi connectivity index (χ0) is 29.6. The van der Waals surface area contributed by atoms with Gasteiger partial charge in [0.05, 0.1) is 29.3 Å². The maximum absolute atomic E-state index is 15.2. The minimum atomic E-state index is -6.25. The van der Waals surface area contributed by atoms with E-state index >= 15 is 4.39 Å². The first-order valence-corrected chi connectivity index (χ1v) is 12.9. The average Bonchev–Trinajstić information content (AvgIpc) is 2.87. The molecule has 1 amide bonds. The van der Waals surface area contributed by atoms with E-state index in [0.717, 1.165) is 24.1 Å². The molecule has 4 rings (SSSR count). The number of hydrogen-bond acceptors (Lipinski definition) is 7. The molecule has 16 heteroatoms. The molecule has 212 valence electrons. The number of rotatable bonds is 5. The monoisotopic (exact) mass is 625 g/mol. The minimum absolute atomic E-state index is 0.00260. The fourth-order valence-electron chi connectivity index (χ4n) is 3.78. The van der Waals surface area contributed by atoms with Crippen molar-refractivity contribution in [2.24, 2.45) is 0 Å². The molecule has 0 unspecified atom stereocenters. The van der Waals surface area contributed by atoms with Crippen LogP contribution in [0.1, 0.15) is 26.3 Å². The largest absolute Gasteiger partial charge is 0.534 e. The maximum atomic E-state index is 15.2. The Morgan fingerprint density at radius 1 is 1.02 bits per heavy atom. The predicted octanol–water partition coefficient (Wildman–Crippen LogP) is 5.95. The first kappa shape index (κ1) is 29.4. The van der Waals surface area contributed by atoms with Gasteiger partial charge in [0, 0.05) is 16.7 Å². The second-order valence-electron chi connectivity index (χ2n) is 8.12. The Hall–Kier alpha value is -3.62. The molecule has 0 aliphatic carbocycles. The molecule has 0 fully saturated rings. The molecule has 0 aromatic heterocycles. The van der Waals surface area contributed by atoms with Crippen LogP contribution in [0.15, 0.2) is 42.5 Å². The van der Waals surface area contributed by atoms with Gasteiger partial charge in [-0.15, -0.1) is 0 Å². The highest BCUT2D eigenvalue weighted by Gasteiger charge is 2.49. The van der Waals surface area contributed by atoms with E-state index in [0.29, 0.717) is 17.7 Å². The molecule has 40 heavy (non-hydrogen) atoms. The zero-order valence-electron chi connectivity index (χ0n) is 19.8. The van der Waals surface area contributed by atoms with Gasteiger partial charge in [0.15, 0.2) is 12.5 Å². The Morgan fingerprint density at radius 2 is 1.68 bits per heavy atom. The van der Waals surface area contributed by atoms with Gasteiger partial charge in [-0.25, -0.2) is 13.6 Å². The summed E-state index contributed by atoms with van der Waals surface area (Å²) in [6.45, 7) is -0.569. The van der Waals surface area contributed by atoms with Crippen molar-refractivity contribution in [1.82, 2.24) is 4.90 Å². The van der Waals surface area contributed by atoms with Crippen LogP contribution in [0.25, 0.3) is 11.1 Å². The molecule has 0 saturated carbocycles. The maximum Gasteiger partial charge on any atom is 0.534 e. The Morgan fingerprint density at radius 3 is 2.27 bits per heavy atom. The number of nitrogens with zero attached hydrogens (tertiary/aromatic N) is 1. The van der Waals surface area contributed by atoms with Crippen LogP contribution < -0.4 is 8.92 Å². The van der Waals surface area contributed by atoms with Crippen LogP contribution >= 0.6 is 23.2 Å². The SMILES string of the molecule is COC(=O)c1cc(F)c(-c2cccc3c2OCN(C(=O)c2c(Cl)cc(F)cc2Cl)C3)cc1OS(=O)(=O)C(F)(F)F. The number of halogens is 7. The normalized spacial score (nSPS) is 13.3. The fraction of sp³-hybridized carbons (Fsp3) is 0.167. The number of alkyl halides is 3. The minimum Gasteiger partial charge on any atom is -0.472 e. The first-order valence-electron chi connectivity index (χ1n) is 10.8. The van der Waals surface area contributed by atoms with Crippen LogP contribution in [0, 0.1) is 11.6 Å². The summed E-state index contributed by atoms with van der Waals surface area (Å²) in [5, 5.41) is -0.493. The first-order chi connectivity index (χ1) is 18.6. The van der Waals surface area contributed by atoms with Gasteiger partial charge >= 0.3 is 21.6 Å². The summed E-state index contributed by atoms with van der Waals surface area (Å²) < 4.78 is 105. The van der Waals surface area contributed by atoms with E-state index in [9.17, 15) is 35.6 Å². The molecule has 0 saturated heterocycles. The fourth-order valence-corrected chi connectivity index (χ4v) is 4.88. The van der Waals surface area contributed by atoms with Crippen LogP contribution in [-0.2, 0) is 21.4 Å². The highest BCUT2D eigenvalue weighted by molar-refractivity contribution is 7.88. The molecule has 1 aliphatic rings. The van der Waals surface area contributed by atoms with Crippen molar-refractivity contribution in [3.63, 3.8) is 0 Å². The number of carbonyl (C=O) groups is 2. The number of carbonyl (C=O) groups excluding carboxylic acids is 2. The second kappa shape index (κ2) is 10.7. The van der Waals surface area contributed by atoms with Gasteiger partial charge in [0.1, 0.15) is 22.9 Å². The van der Waals surface area contributed by atoms with E-state index < -0.39 is 62.7 Å². The molecule has 0 atom stereocenters. The number of para-hydroxylation sites is 1. The number of esters is 1. The summed E-state index contributed by atoms with van der Waals surface area (Å²) >= 11 is 12.0. The van der Waals surface area contributed by atoms with Gasteiger partial charge in [-0.1, -0.05) is 41.4 Å². The molecule has 0 N–H and O–H groups in total. The standard InChI is InChI=1S/C24H14Cl2F5NO7S/c1-37-23(34)15-7-18(28)14(8-19(15)39-40(35,36)24(29,30)31)13-4-2-3-11-9-32(10-38-21(11)13)22(33)20-16(25)5-12(27)6-17(20)26/h2-8H,9-10H2,1H3. The summed E-state index contributed by atoms with van der Waals surface area (Å²) in [4.78, 5) is 26.2. The van der Waals surface area contributed by atoms with Crippen molar-refractivity contribution in [2.45, 2.75) is 12.1 Å². The van der Waals surface area contributed by atoms with E-state index in [-0.39, 0.29) is 33.5 Å². The van der Waals surface area contributed by atoms with E-state index in [4.69, 9.17) is 27.9 Å². The highest BCUT2D eigenvalue weighted by atomic mass is 35.5. The summed E-state index contributed by atoms with van der Waals surface area (Å²) in [6, 6.07) is 7.05. The summed E-state index contributed by atoms with van der Waals surface area (Å²) in [6.07, 6.45) is 0. The lowest BCUT2D eigenvalue weighted by Crippen LogP contribution is -2.37. The molecule has 8 nitrogen and oxygen atoms in total. The van der Waals surface area contributed by atoms with Crippen molar-refractivity contribution in [1.29, 1.82) is 0 Å². The van der Waals surface area contributed by atoms with E-state index in [1.165, 1.54) is 18.2 Å².